The molecule has 0 aliphatic carbocycles. The second kappa shape index (κ2) is 8.00. The van der Waals surface area contributed by atoms with Gasteiger partial charge in [-0.3, -0.25) is 0 Å². The number of nitrogens with two attached hydrogens (primary N) is 1. The molecule has 3 rings (SSSR count). The minimum atomic E-state index is -0.287. The van der Waals surface area contributed by atoms with Crippen molar-refractivity contribution < 1.29 is 0 Å². The van der Waals surface area contributed by atoms with Crippen LogP contribution in [0.2, 0.25) is 15.1 Å². The lowest BCUT2D eigenvalue weighted by molar-refractivity contribution is 0.713. The van der Waals surface area contributed by atoms with Crippen molar-refractivity contribution in [3.05, 3.63) is 80.6 Å². The zero-order valence-electron chi connectivity index (χ0n) is 13.3. The number of hydrogen-bond donors (Lipinski definition) is 3. The van der Waals surface area contributed by atoms with Crippen LogP contribution in [0.5, 0.6) is 0 Å². The van der Waals surface area contributed by atoms with Gasteiger partial charge in [0.25, 0.3) is 0 Å². The van der Waals surface area contributed by atoms with Gasteiger partial charge in [0.15, 0.2) is 5.96 Å². The second-order valence-electron chi connectivity index (χ2n) is 5.61. The third-order valence-corrected chi connectivity index (χ3v) is 4.89. The average molecular weight is 396 g/mol. The Hall–Kier alpha value is -1.88. The van der Waals surface area contributed by atoms with E-state index in [0.29, 0.717) is 16.0 Å². The molecule has 4 nitrogen and oxygen atoms in total. The normalized spacial score (nSPS) is 16.7. The quantitative estimate of drug-likeness (QED) is 0.708. The highest BCUT2D eigenvalue weighted by Crippen LogP contribution is 2.33. The van der Waals surface area contributed by atoms with Crippen molar-refractivity contribution in [2.24, 2.45) is 10.7 Å². The number of guanidine groups is 1. The molecule has 2 aromatic rings. The standard InChI is InChI=1S/C18H17Cl3N4/c19-12-6-4-11(5-7-12)8-9-23-16-10-15(24-18(22)25-16)13-2-1-3-14(20)17(13)21/h1-7,10,15,23H,8-9H2,(H3,22,24,25). The smallest absolute Gasteiger partial charge is 0.195 e. The maximum absolute atomic E-state index is 6.30. The predicted molar refractivity (Wildman–Crippen MR) is 105 cm³/mol. The van der Waals surface area contributed by atoms with Gasteiger partial charge in [-0.05, 0) is 36.3 Å². The van der Waals surface area contributed by atoms with Crippen LogP contribution in [0.1, 0.15) is 17.2 Å². The monoisotopic (exact) mass is 394 g/mol. The Morgan fingerprint density at radius 3 is 2.60 bits per heavy atom. The van der Waals surface area contributed by atoms with E-state index in [2.05, 4.69) is 15.6 Å². The molecule has 1 heterocycles. The van der Waals surface area contributed by atoms with E-state index in [1.165, 1.54) is 5.56 Å². The summed E-state index contributed by atoms with van der Waals surface area (Å²) in [6.07, 6.45) is 2.80. The molecule has 1 aliphatic rings. The van der Waals surface area contributed by atoms with E-state index in [0.717, 1.165) is 29.4 Å². The number of rotatable bonds is 5. The van der Waals surface area contributed by atoms with Crippen LogP contribution in [-0.4, -0.2) is 12.5 Å². The van der Waals surface area contributed by atoms with Gasteiger partial charge in [-0.15, -0.1) is 0 Å². The lowest BCUT2D eigenvalue weighted by Gasteiger charge is -2.22. The minimum absolute atomic E-state index is 0.287. The topological polar surface area (TPSA) is 62.4 Å². The molecule has 2 aromatic carbocycles. The van der Waals surface area contributed by atoms with E-state index in [9.17, 15) is 0 Å². The van der Waals surface area contributed by atoms with Crippen LogP contribution in [0.3, 0.4) is 0 Å². The Balaban J connectivity index is 1.68. The van der Waals surface area contributed by atoms with Gasteiger partial charge in [0.1, 0.15) is 11.9 Å². The minimum Gasteiger partial charge on any atom is -0.371 e. The first-order chi connectivity index (χ1) is 12.0. The van der Waals surface area contributed by atoms with Gasteiger partial charge in [0, 0.05) is 17.1 Å². The summed E-state index contributed by atoms with van der Waals surface area (Å²) in [7, 11) is 0. The van der Waals surface area contributed by atoms with Crippen molar-refractivity contribution in [2.45, 2.75) is 12.5 Å². The summed E-state index contributed by atoms with van der Waals surface area (Å²) in [5, 5.41) is 8.08. The second-order valence-corrected chi connectivity index (χ2v) is 6.83. The van der Waals surface area contributed by atoms with Gasteiger partial charge >= 0.3 is 0 Å². The van der Waals surface area contributed by atoms with Gasteiger partial charge in [0.2, 0.25) is 0 Å². The van der Waals surface area contributed by atoms with Crippen LogP contribution in [0, 0.1) is 0 Å². The molecule has 1 atom stereocenters. The van der Waals surface area contributed by atoms with Gasteiger partial charge in [0.05, 0.1) is 10.0 Å². The van der Waals surface area contributed by atoms with Crippen molar-refractivity contribution in [1.82, 2.24) is 10.6 Å². The van der Waals surface area contributed by atoms with Crippen molar-refractivity contribution >= 4 is 40.8 Å². The van der Waals surface area contributed by atoms with E-state index in [1.54, 1.807) is 6.07 Å². The molecule has 0 bridgehead atoms. The number of nitrogens with zero attached hydrogens (tertiary/aromatic N) is 1. The van der Waals surface area contributed by atoms with Gasteiger partial charge in [-0.2, -0.15) is 0 Å². The van der Waals surface area contributed by atoms with Crippen LogP contribution < -0.4 is 16.4 Å². The van der Waals surface area contributed by atoms with Crippen LogP contribution in [0.15, 0.2) is 59.4 Å². The Morgan fingerprint density at radius 2 is 1.84 bits per heavy atom. The highest BCUT2D eigenvalue weighted by molar-refractivity contribution is 6.42. The molecule has 1 unspecified atom stereocenters. The van der Waals surface area contributed by atoms with Crippen molar-refractivity contribution in [3.63, 3.8) is 0 Å². The third-order valence-electron chi connectivity index (χ3n) is 3.81. The van der Waals surface area contributed by atoms with E-state index in [-0.39, 0.29) is 6.04 Å². The largest absolute Gasteiger partial charge is 0.371 e. The Labute approximate surface area is 161 Å². The van der Waals surface area contributed by atoms with Crippen LogP contribution in [-0.2, 0) is 6.42 Å². The molecule has 0 saturated carbocycles. The molecule has 0 radical (unpaired) electrons. The molecule has 0 spiro atoms. The van der Waals surface area contributed by atoms with Crippen LogP contribution in [0.25, 0.3) is 0 Å². The maximum Gasteiger partial charge on any atom is 0.195 e. The maximum atomic E-state index is 6.30. The summed E-state index contributed by atoms with van der Waals surface area (Å²) in [5.41, 5.74) is 7.92. The predicted octanol–water partition coefficient (Wildman–Crippen LogP) is 4.28. The number of benzene rings is 2. The Kier molecular flexibility index (Phi) is 5.74. The fraction of sp³-hybridized carbons (Fsp3) is 0.167. The average Bonchev–Trinajstić information content (AvgIpc) is 2.59. The van der Waals surface area contributed by atoms with Crippen LogP contribution >= 0.6 is 34.8 Å². The lowest BCUT2D eigenvalue weighted by atomic mass is 10.1. The summed E-state index contributed by atoms with van der Waals surface area (Å²) in [6, 6.07) is 13.0. The lowest BCUT2D eigenvalue weighted by Crippen LogP contribution is -2.40. The first-order valence-corrected chi connectivity index (χ1v) is 8.90. The molecule has 0 aromatic heterocycles. The molecule has 25 heavy (non-hydrogen) atoms. The molecule has 0 fully saturated rings. The first kappa shape index (κ1) is 17.9. The fourth-order valence-corrected chi connectivity index (χ4v) is 3.11. The van der Waals surface area contributed by atoms with Crippen molar-refractivity contribution in [2.75, 3.05) is 6.54 Å². The van der Waals surface area contributed by atoms with Crippen molar-refractivity contribution in [1.29, 1.82) is 0 Å². The third kappa shape index (κ3) is 4.60. The van der Waals surface area contributed by atoms with Gasteiger partial charge in [-0.25, -0.2) is 4.99 Å². The molecule has 0 saturated heterocycles. The molecule has 4 N–H and O–H groups in total. The molecular weight excluding hydrogens is 379 g/mol. The zero-order chi connectivity index (χ0) is 17.8. The summed E-state index contributed by atoms with van der Waals surface area (Å²) >= 11 is 18.3. The Morgan fingerprint density at radius 1 is 1.08 bits per heavy atom. The number of halogens is 3. The fourth-order valence-electron chi connectivity index (χ4n) is 2.56. The van der Waals surface area contributed by atoms with Gasteiger partial charge in [-0.1, -0.05) is 59.1 Å². The number of hydrogen-bond acceptors (Lipinski definition) is 4. The van der Waals surface area contributed by atoms with Crippen LogP contribution in [0.4, 0.5) is 0 Å². The SMILES string of the molecule is NC1=NC(c2cccc(Cl)c2Cl)C=C(NCCc2ccc(Cl)cc2)N1. The zero-order valence-corrected chi connectivity index (χ0v) is 15.5. The summed E-state index contributed by atoms with van der Waals surface area (Å²) in [6.45, 7) is 0.740. The molecule has 0 amide bonds. The molecular formula is C18H17Cl3N4. The molecule has 1 aliphatic heterocycles. The highest BCUT2D eigenvalue weighted by atomic mass is 35.5. The van der Waals surface area contributed by atoms with Gasteiger partial charge < -0.3 is 16.4 Å². The van der Waals surface area contributed by atoms with E-state index < -0.39 is 0 Å². The summed E-state index contributed by atoms with van der Waals surface area (Å²) in [5.74, 6) is 1.13. The van der Waals surface area contributed by atoms with Crippen molar-refractivity contribution in [3.8, 4) is 0 Å². The van der Waals surface area contributed by atoms with E-state index in [1.807, 2.05) is 42.5 Å². The summed E-state index contributed by atoms with van der Waals surface area (Å²) < 4.78 is 0. The highest BCUT2D eigenvalue weighted by Gasteiger charge is 2.18. The number of nitrogens with one attached hydrogen (secondary N) is 2. The first-order valence-electron chi connectivity index (χ1n) is 7.77. The van der Waals surface area contributed by atoms with E-state index >= 15 is 0 Å². The molecule has 130 valence electrons. The summed E-state index contributed by atoms with van der Waals surface area (Å²) in [4.78, 5) is 4.39. The molecule has 7 heteroatoms. The number of aliphatic imine (C=N–C) groups is 1. The van der Waals surface area contributed by atoms with E-state index in [4.69, 9.17) is 40.5 Å². The Bertz CT molecular complexity index is 816.